The topological polar surface area (TPSA) is 78.7 Å². The third-order valence-corrected chi connectivity index (χ3v) is 4.76. The van der Waals surface area contributed by atoms with E-state index < -0.39 is 0 Å². The Morgan fingerprint density at radius 2 is 1.73 bits per heavy atom. The fourth-order valence-electron chi connectivity index (χ4n) is 3.12. The summed E-state index contributed by atoms with van der Waals surface area (Å²) in [7, 11) is 1.74. The molecule has 0 bridgehead atoms. The molecule has 7 heteroatoms. The van der Waals surface area contributed by atoms with Crippen LogP contribution in [0, 0.1) is 6.92 Å². The quantitative estimate of drug-likeness (QED) is 0.234. The van der Waals surface area contributed by atoms with Crippen LogP contribution in [0.4, 0.5) is 5.69 Å². The number of carbonyl (C=O) groups excluding carboxylic acids is 1. The molecule has 0 aliphatic rings. The number of hydrogen-bond donors (Lipinski definition) is 3. The molecule has 0 radical (unpaired) electrons. The number of carbonyl (C=O) groups is 1. The average Bonchev–Trinajstić information content (AvgIpc) is 3.05. The second-order valence-corrected chi connectivity index (χ2v) is 6.92. The zero-order valence-corrected chi connectivity index (χ0v) is 19.9. The third-order valence-electron chi connectivity index (χ3n) is 4.76. The van der Waals surface area contributed by atoms with Gasteiger partial charge in [-0.05, 0) is 37.1 Å². The van der Waals surface area contributed by atoms with Crippen molar-refractivity contribution < 1.29 is 9.21 Å². The van der Waals surface area contributed by atoms with E-state index in [1.54, 1.807) is 7.05 Å². The minimum Gasteiger partial charge on any atom is -0.459 e. The van der Waals surface area contributed by atoms with E-state index >= 15 is 0 Å². The predicted octanol–water partition coefficient (Wildman–Crippen LogP) is 4.96. The van der Waals surface area contributed by atoms with Crippen molar-refractivity contribution >= 4 is 52.5 Å². The molecule has 0 spiro atoms. The first-order valence-corrected chi connectivity index (χ1v) is 9.91. The van der Waals surface area contributed by atoms with Gasteiger partial charge < -0.3 is 20.4 Å². The Balaban J connectivity index is 0.00000320. The molecular formula is C23H29IN4O2. The Morgan fingerprint density at radius 3 is 2.40 bits per heavy atom. The number of rotatable bonds is 7. The molecule has 3 N–H and O–H groups in total. The fraction of sp³-hybridized carbons (Fsp3) is 0.304. The fourth-order valence-corrected chi connectivity index (χ4v) is 3.12. The zero-order chi connectivity index (χ0) is 20.6. The maximum Gasteiger partial charge on any atom is 0.224 e. The molecule has 3 aromatic rings. The van der Waals surface area contributed by atoms with E-state index in [9.17, 15) is 4.79 Å². The number of hydrogen-bond acceptors (Lipinski definition) is 3. The number of benzene rings is 2. The van der Waals surface area contributed by atoms with Gasteiger partial charge >= 0.3 is 0 Å². The minimum absolute atomic E-state index is 0. The number of fused-ring (bicyclic) bond motifs is 1. The largest absolute Gasteiger partial charge is 0.459 e. The van der Waals surface area contributed by atoms with E-state index in [4.69, 9.17) is 4.42 Å². The van der Waals surface area contributed by atoms with Crippen LogP contribution in [0.5, 0.6) is 0 Å². The van der Waals surface area contributed by atoms with E-state index in [-0.39, 0.29) is 29.9 Å². The SMILES string of the molecule is CCCC(=O)Nc1ccc(CNC(=NC)NCc2oc3ccccc3c2C)cc1.I. The minimum atomic E-state index is 0. The molecule has 0 aliphatic heterocycles. The van der Waals surface area contributed by atoms with Crippen molar-refractivity contribution in [1.82, 2.24) is 10.6 Å². The molecule has 0 atom stereocenters. The molecule has 6 nitrogen and oxygen atoms in total. The Bertz CT molecular complexity index is 996. The van der Waals surface area contributed by atoms with Gasteiger partial charge in [-0.2, -0.15) is 0 Å². The van der Waals surface area contributed by atoms with Crippen molar-refractivity contribution in [1.29, 1.82) is 0 Å². The van der Waals surface area contributed by atoms with Gasteiger partial charge in [0.05, 0.1) is 6.54 Å². The number of nitrogens with one attached hydrogen (secondary N) is 3. The maximum atomic E-state index is 11.7. The van der Waals surface area contributed by atoms with Gasteiger partial charge in [0.1, 0.15) is 11.3 Å². The zero-order valence-electron chi connectivity index (χ0n) is 17.6. The van der Waals surface area contributed by atoms with Crippen LogP contribution in [-0.2, 0) is 17.9 Å². The summed E-state index contributed by atoms with van der Waals surface area (Å²) in [6.07, 6.45) is 1.38. The van der Waals surface area contributed by atoms with Gasteiger partial charge in [-0.15, -0.1) is 24.0 Å². The smallest absolute Gasteiger partial charge is 0.224 e. The number of aliphatic imine (C=N–C) groups is 1. The highest BCUT2D eigenvalue weighted by Gasteiger charge is 2.10. The Morgan fingerprint density at radius 1 is 1.03 bits per heavy atom. The molecule has 0 saturated heterocycles. The van der Waals surface area contributed by atoms with Crippen LogP contribution in [-0.4, -0.2) is 18.9 Å². The number of para-hydroxylation sites is 1. The lowest BCUT2D eigenvalue weighted by molar-refractivity contribution is -0.116. The number of amides is 1. The van der Waals surface area contributed by atoms with Gasteiger partial charge in [0.15, 0.2) is 5.96 Å². The Hall–Kier alpha value is -2.55. The number of anilines is 1. The number of halogens is 1. The highest BCUT2D eigenvalue weighted by atomic mass is 127. The molecule has 1 heterocycles. The maximum absolute atomic E-state index is 11.7. The molecular weight excluding hydrogens is 491 g/mol. The van der Waals surface area contributed by atoms with Crippen molar-refractivity contribution in [2.75, 3.05) is 12.4 Å². The first-order valence-electron chi connectivity index (χ1n) is 9.91. The molecule has 1 aromatic heterocycles. The highest BCUT2D eigenvalue weighted by molar-refractivity contribution is 14.0. The van der Waals surface area contributed by atoms with Gasteiger partial charge in [0, 0.05) is 36.7 Å². The molecule has 30 heavy (non-hydrogen) atoms. The summed E-state index contributed by atoms with van der Waals surface area (Å²) >= 11 is 0. The van der Waals surface area contributed by atoms with Crippen LogP contribution >= 0.6 is 24.0 Å². The average molecular weight is 520 g/mol. The summed E-state index contributed by atoms with van der Waals surface area (Å²) in [5.41, 5.74) is 3.96. The van der Waals surface area contributed by atoms with Crippen molar-refractivity contribution in [2.24, 2.45) is 4.99 Å². The van der Waals surface area contributed by atoms with Crippen molar-refractivity contribution in [3.8, 4) is 0 Å². The molecule has 0 fully saturated rings. The van der Waals surface area contributed by atoms with E-state index in [1.165, 1.54) is 0 Å². The highest BCUT2D eigenvalue weighted by Crippen LogP contribution is 2.24. The van der Waals surface area contributed by atoms with E-state index in [1.807, 2.05) is 49.4 Å². The molecule has 3 rings (SSSR count). The lowest BCUT2D eigenvalue weighted by Crippen LogP contribution is -2.36. The molecule has 2 aromatic carbocycles. The normalized spacial score (nSPS) is 11.1. The van der Waals surface area contributed by atoms with E-state index in [0.717, 1.165) is 40.0 Å². The van der Waals surface area contributed by atoms with Gasteiger partial charge in [0.2, 0.25) is 5.91 Å². The molecule has 0 saturated carbocycles. The summed E-state index contributed by atoms with van der Waals surface area (Å²) in [6, 6.07) is 15.9. The van der Waals surface area contributed by atoms with Crippen molar-refractivity contribution in [3.63, 3.8) is 0 Å². The molecule has 0 unspecified atom stereocenters. The Kier molecular flexibility index (Phi) is 9.16. The summed E-state index contributed by atoms with van der Waals surface area (Å²) in [5, 5.41) is 10.6. The van der Waals surface area contributed by atoms with E-state index in [2.05, 4.69) is 33.9 Å². The van der Waals surface area contributed by atoms with Crippen LogP contribution in [0.25, 0.3) is 11.0 Å². The van der Waals surface area contributed by atoms with Gasteiger partial charge in [-0.25, -0.2) is 0 Å². The van der Waals surface area contributed by atoms with Crippen molar-refractivity contribution in [2.45, 2.75) is 39.8 Å². The third kappa shape index (κ3) is 6.22. The molecule has 0 aliphatic carbocycles. The molecule has 1 amide bonds. The van der Waals surface area contributed by atoms with Crippen LogP contribution in [0.1, 0.15) is 36.7 Å². The second kappa shape index (κ2) is 11.6. The first kappa shape index (κ1) is 23.7. The summed E-state index contributed by atoms with van der Waals surface area (Å²) < 4.78 is 5.94. The van der Waals surface area contributed by atoms with Crippen LogP contribution in [0.2, 0.25) is 0 Å². The van der Waals surface area contributed by atoms with Crippen LogP contribution in [0.3, 0.4) is 0 Å². The van der Waals surface area contributed by atoms with Gasteiger partial charge in [0.25, 0.3) is 0 Å². The lowest BCUT2D eigenvalue weighted by Gasteiger charge is -2.12. The summed E-state index contributed by atoms with van der Waals surface area (Å²) in [5.74, 6) is 1.65. The van der Waals surface area contributed by atoms with Crippen molar-refractivity contribution in [3.05, 3.63) is 65.4 Å². The predicted molar refractivity (Wildman–Crippen MR) is 133 cm³/mol. The standard InChI is InChI=1S/C23H28N4O2.HI/c1-4-7-22(28)27-18-12-10-17(11-13-18)14-25-23(24-3)26-15-21-16(2)19-8-5-6-9-20(19)29-21;/h5-6,8-13H,4,7,14-15H2,1-3H3,(H,27,28)(H2,24,25,26);1H. The first-order chi connectivity index (χ1) is 14.1. The number of guanidine groups is 1. The number of furan rings is 1. The number of nitrogens with zero attached hydrogens (tertiary/aromatic N) is 1. The number of aryl methyl sites for hydroxylation is 1. The van der Waals surface area contributed by atoms with Gasteiger partial charge in [-0.1, -0.05) is 37.3 Å². The molecule has 160 valence electrons. The Labute approximate surface area is 194 Å². The lowest BCUT2D eigenvalue weighted by atomic mass is 10.1. The summed E-state index contributed by atoms with van der Waals surface area (Å²) in [6.45, 7) is 5.25. The monoisotopic (exact) mass is 520 g/mol. The summed E-state index contributed by atoms with van der Waals surface area (Å²) in [4.78, 5) is 15.9. The van der Waals surface area contributed by atoms with Crippen LogP contribution < -0.4 is 16.0 Å². The van der Waals surface area contributed by atoms with Gasteiger partial charge in [-0.3, -0.25) is 9.79 Å². The van der Waals surface area contributed by atoms with E-state index in [0.29, 0.717) is 25.5 Å². The van der Waals surface area contributed by atoms with Crippen LogP contribution in [0.15, 0.2) is 57.9 Å². The second-order valence-electron chi connectivity index (χ2n) is 6.92.